The Morgan fingerprint density at radius 3 is 1.31 bits per heavy atom. The van der Waals surface area contributed by atoms with Crippen molar-refractivity contribution in [2.75, 3.05) is 0 Å². The molecule has 0 aliphatic heterocycles. The molecule has 0 aromatic rings. The van der Waals surface area contributed by atoms with Crippen LogP contribution in [0.25, 0.3) is 0 Å². The Bertz CT molecular complexity index is 256. The molecule has 0 radical (unpaired) electrons. The van der Waals surface area contributed by atoms with Crippen molar-refractivity contribution in [2.45, 2.75) is 16.2 Å². The average molecular weight is 278 g/mol. The van der Waals surface area contributed by atoms with E-state index in [1.165, 1.54) is 0 Å². The Morgan fingerprint density at radius 1 is 0.846 bits per heavy atom. The van der Waals surface area contributed by atoms with E-state index in [1.807, 2.05) is 0 Å². The van der Waals surface area contributed by atoms with Crippen molar-refractivity contribution in [3.05, 3.63) is 10.1 Å². The van der Waals surface area contributed by atoms with Crippen LogP contribution < -0.4 is 0 Å². The van der Waals surface area contributed by atoms with E-state index in [0.29, 0.717) is 0 Å². The first-order valence-corrected chi connectivity index (χ1v) is 4.27. The Hall–Kier alpha value is 0.620. The van der Waals surface area contributed by atoms with Crippen LogP contribution in [0, 0.1) is 0 Å². The minimum atomic E-state index is -4.44. The fourth-order valence-corrected chi connectivity index (χ4v) is 1.81. The first-order chi connectivity index (χ1) is 5.57. The van der Waals surface area contributed by atoms with Crippen molar-refractivity contribution in [1.29, 1.82) is 0 Å². The number of alkyl halides is 6. The summed E-state index contributed by atoms with van der Waals surface area (Å²) in [5.74, 6) is -4.44. The quantitative estimate of drug-likeness (QED) is 0.461. The monoisotopic (exact) mass is 276 g/mol. The predicted molar refractivity (Wildman–Crippen MR) is 43.1 cm³/mol. The highest BCUT2D eigenvalue weighted by Crippen LogP contribution is 2.63. The molecular formula is C5Cl4F4. The molecule has 0 fully saturated rings. The molecule has 13 heavy (non-hydrogen) atoms. The van der Waals surface area contributed by atoms with Gasteiger partial charge in [-0.15, -0.1) is 0 Å². The summed E-state index contributed by atoms with van der Waals surface area (Å²) in [6, 6.07) is 0. The van der Waals surface area contributed by atoms with E-state index in [2.05, 4.69) is 11.6 Å². The van der Waals surface area contributed by atoms with Crippen LogP contribution in [0.4, 0.5) is 17.6 Å². The zero-order valence-corrected chi connectivity index (χ0v) is 8.55. The second-order valence-corrected chi connectivity index (χ2v) is 4.15. The molecule has 1 aliphatic rings. The van der Waals surface area contributed by atoms with Gasteiger partial charge in [0.25, 0.3) is 5.13 Å². The Labute approximate surface area is 90.4 Å². The third-order valence-electron chi connectivity index (χ3n) is 1.53. The summed E-state index contributed by atoms with van der Waals surface area (Å²) in [4.78, 5) is 0. The Kier molecular flexibility index (Phi) is 2.53. The van der Waals surface area contributed by atoms with E-state index in [4.69, 9.17) is 34.8 Å². The summed E-state index contributed by atoms with van der Waals surface area (Å²) in [5, 5.41) is -10.7. The average Bonchev–Trinajstić information content (AvgIpc) is 2.05. The SMILES string of the molecule is FC1(F)C(Cl)=C(Cl)C(F)(Cl)C1(F)Cl. The predicted octanol–water partition coefficient (Wildman–Crippen LogP) is 4.13. The molecule has 0 nitrogen and oxygen atoms in total. The van der Waals surface area contributed by atoms with Gasteiger partial charge in [0.05, 0.1) is 5.03 Å². The molecular weight excluding hydrogens is 278 g/mol. The van der Waals surface area contributed by atoms with Crippen LogP contribution >= 0.6 is 46.4 Å². The molecule has 0 saturated carbocycles. The van der Waals surface area contributed by atoms with Gasteiger partial charge in [-0.1, -0.05) is 46.4 Å². The van der Waals surface area contributed by atoms with E-state index in [9.17, 15) is 17.6 Å². The van der Waals surface area contributed by atoms with Gasteiger partial charge in [-0.2, -0.15) is 8.78 Å². The van der Waals surface area contributed by atoms with Gasteiger partial charge in [0, 0.05) is 0 Å². The zero-order chi connectivity index (χ0) is 10.7. The van der Waals surface area contributed by atoms with Crippen LogP contribution in [0.5, 0.6) is 0 Å². The van der Waals surface area contributed by atoms with Gasteiger partial charge in [0.2, 0.25) is 0 Å². The number of rotatable bonds is 0. The second-order valence-electron chi connectivity index (χ2n) is 2.35. The van der Waals surface area contributed by atoms with Crippen LogP contribution in [0.3, 0.4) is 0 Å². The smallest absolute Gasteiger partial charge is 0.214 e. The van der Waals surface area contributed by atoms with Crippen LogP contribution in [0.1, 0.15) is 0 Å². The third-order valence-corrected chi connectivity index (χ3v) is 3.65. The molecule has 0 N–H and O–H groups in total. The van der Waals surface area contributed by atoms with Gasteiger partial charge in [0.15, 0.2) is 0 Å². The number of hydrogen-bond acceptors (Lipinski definition) is 0. The normalized spacial score (nSPS) is 44.3. The maximum atomic E-state index is 13.0. The molecule has 1 rings (SSSR count). The van der Waals surface area contributed by atoms with E-state index >= 15 is 0 Å². The topological polar surface area (TPSA) is 0 Å². The summed E-state index contributed by atoms with van der Waals surface area (Å²) < 4.78 is 51.5. The molecule has 2 unspecified atom stereocenters. The van der Waals surface area contributed by atoms with Gasteiger partial charge in [-0.3, -0.25) is 0 Å². The summed E-state index contributed by atoms with van der Waals surface area (Å²) in [7, 11) is 0. The molecule has 0 spiro atoms. The second kappa shape index (κ2) is 2.81. The molecule has 0 heterocycles. The standard InChI is InChI=1S/C5Cl4F4/c6-1-2(7)4(11,12)5(9,13)3(1,8)10. The molecule has 8 heteroatoms. The molecule has 2 atom stereocenters. The van der Waals surface area contributed by atoms with Crippen molar-refractivity contribution in [3.8, 4) is 0 Å². The van der Waals surface area contributed by atoms with Crippen molar-refractivity contribution in [2.24, 2.45) is 0 Å². The zero-order valence-electron chi connectivity index (χ0n) is 5.52. The number of hydrogen-bond donors (Lipinski definition) is 0. The summed E-state index contributed by atoms with van der Waals surface area (Å²) in [6.45, 7) is 0. The first-order valence-electron chi connectivity index (χ1n) is 2.76. The van der Waals surface area contributed by atoms with Crippen molar-refractivity contribution in [3.63, 3.8) is 0 Å². The lowest BCUT2D eigenvalue weighted by atomic mass is 10.2. The Balaban J connectivity index is 3.39. The van der Waals surface area contributed by atoms with Crippen molar-refractivity contribution in [1.82, 2.24) is 0 Å². The third kappa shape index (κ3) is 1.19. The van der Waals surface area contributed by atoms with E-state index < -0.39 is 26.2 Å². The minimum Gasteiger partial charge on any atom is -0.214 e. The molecule has 0 saturated heterocycles. The molecule has 0 bridgehead atoms. The lowest BCUT2D eigenvalue weighted by Crippen LogP contribution is -2.47. The molecule has 0 aromatic carbocycles. The molecule has 76 valence electrons. The maximum absolute atomic E-state index is 13.0. The van der Waals surface area contributed by atoms with E-state index in [1.54, 1.807) is 0 Å². The molecule has 0 amide bonds. The van der Waals surface area contributed by atoms with Crippen LogP contribution in [0.15, 0.2) is 10.1 Å². The van der Waals surface area contributed by atoms with Crippen LogP contribution in [-0.4, -0.2) is 16.2 Å². The Morgan fingerprint density at radius 2 is 1.23 bits per heavy atom. The van der Waals surface area contributed by atoms with E-state index in [-0.39, 0.29) is 0 Å². The van der Waals surface area contributed by atoms with Crippen LogP contribution in [0.2, 0.25) is 0 Å². The first kappa shape index (κ1) is 11.7. The van der Waals surface area contributed by atoms with Gasteiger partial charge < -0.3 is 0 Å². The fourth-order valence-electron chi connectivity index (χ4n) is 0.749. The largest absolute Gasteiger partial charge is 0.336 e. The number of allylic oxidation sites excluding steroid dienone is 2. The fraction of sp³-hybridized carbons (Fsp3) is 0.600. The van der Waals surface area contributed by atoms with Gasteiger partial charge in [-0.25, -0.2) is 8.78 Å². The van der Waals surface area contributed by atoms with Crippen molar-refractivity contribution >= 4 is 46.4 Å². The highest BCUT2D eigenvalue weighted by molar-refractivity contribution is 6.49. The van der Waals surface area contributed by atoms with E-state index in [0.717, 1.165) is 0 Å². The lowest BCUT2D eigenvalue weighted by molar-refractivity contribution is -0.0765. The summed E-state index contributed by atoms with van der Waals surface area (Å²) in [5.41, 5.74) is 0. The highest BCUT2D eigenvalue weighted by atomic mass is 35.5. The molecule has 1 aliphatic carbocycles. The van der Waals surface area contributed by atoms with Gasteiger partial charge >= 0.3 is 11.1 Å². The maximum Gasteiger partial charge on any atom is 0.336 e. The summed E-state index contributed by atoms with van der Waals surface area (Å²) in [6.07, 6.45) is 0. The minimum absolute atomic E-state index is 1.33. The van der Waals surface area contributed by atoms with Crippen molar-refractivity contribution < 1.29 is 17.6 Å². The molecule has 0 aromatic heterocycles. The van der Waals surface area contributed by atoms with Gasteiger partial charge in [0.1, 0.15) is 5.03 Å². The lowest BCUT2D eigenvalue weighted by Gasteiger charge is -2.26. The van der Waals surface area contributed by atoms with Gasteiger partial charge in [-0.05, 0) is 0 Å². The number of halogens is 8. The summed E-state index contributed by atoms with van der Waals surface area (Å²) >= 11 is 19.2. The van der Waals surface area contributed by atoms with Crippen LogP contribution in [-0.2, 0) is 0 Å². The highest BCUT2D eigenvalue weighted by Gasteiger charge is 2.76.